The van der Waals surface area contributed by atoms with Crippen LogP contribution in [-0.4, -0.2) is 23.3 Å². The van der Waals surface area contributed by atoms with E-state index in [1.807, 2.05) is 0 Å². The van der Waals surface area contributed by atoms with Gasteiger partial charge in [-0.1, -0.05) is 23.7 Å². The normalized spacial score (nSPS) is 11.9. The van der Waals surface area contributed by atoms with Gasteiger partial charge < -0.3 is 5.11 Å². The number of primary sulfonamides is 1. The Kier molecular flexibility index (Phi) is 5.29. The molecule has 0 aliphatic rings. The molecule has 0 atom stereocenters. The molecule has 10 heteroatoms. The summed E-state index contributed by atoms with van der Waals surface area (Å²) in [6.45, 7) is -0.598. The minimum absolute atomic E-state index is 0.0335. The number of aromatic nitrogens is 2. The van der Waals surface area contributed by atoms with Crippen LogP contribution in [0.25, 0.3) is 16.9 Å². The van der Waals surface area contributed by atoms with Gasteiger partial charge in [-0.05, 0) is 42.0 Å². The molecule has 142 valence electrons. The lowest BCUT2D eigenvalue weighted by atomic mass is 10.1. The number of halogens is 3. The molecule has 0 fully saturated rings. The zero-order chi connectivity index (χ0) is 19.8. The first-order chi connectivity index (χ1) is 12.7. The van der Waals surface area contributed by atoms with E-state index >= 15 is 0 Å². The second-order valence-corrected chi connectivity index (χ2v) is 7.64. The van der Waals surface area contributed by atoms with Crippen LogP contribution in [0.3, 0.4) is 0 Å². The number of alkyl halides is 2. The van der Waals surface area contributed by atoms with Gasteiger partial charge in [0, 0.05) is 10.6 Å². The minimum atomic E-state index is -4.04. The lowest BCUT2D eigenvalue weighted by Crippen LogP contribution is -2.15. The topological polar surface area (TPSA) is 98.2 Å². The fourth-order valence-corrected chi connectivity index (χ4v) is 3.50. The zero-order valence-corrected chi connectivity index (χ0v) is 15.3. The van der Waals surface area contributed by atoms with Crippen molar-refractivity contribution in [3.63, 3.8) is 0 Å². The third-order valence-electron chi connectivity index (χ3n) is 3.86. The molecule has 0 radical (unpaired) electrons. The minimum Gasteiger partial charge on any atom is -0.392 e. The summed E-state index contributed by atoms with van der Waals surface area (Å²) in [5, 5.41) is 19.0. The molecule has 0 bridgehead atoms. The summed E-state index contributed by atoms with van der Waals surface area (Å²) in [6, 6.07) is 11.7. The first-order valence-electron chi connectivity index (χ1n) is 7.61. The van der Waals surface area contributed by atoms with Crippen molar-refractivity contribution in [1.29, 1.82) is 0 Å². The largest absolute Gasteiger partial charge is 0.392 e. The van der Waals surface area contributed by atoms with Gasteiger partial charge in [0.2, 0.25) is 10.0 Å². The molecule has 1 aromatic heterocycles. The standard InChI is InChI=1S/C17H14ClF2N3O3S/c18-12-3-1-10(2-4-12)15-8-14(17(19)20)22-23(15)13-5-6-16(27(21,25)26)11(7-13)9-24/h1-8,17,24H,9H2,(H2,21,25,26). The van der Waals surface area contributed by atoms with Crippen LogP contribution in [0, 0.1) is 0 Å². The fraction of sp³-hybridized carbons (Fsp3) is 0.118. The summed E-state index contributed by atoms with van der Waals surface area (Å²) in [7, 11) is -4.04. The quantitative estimate of drug-likeness (QED) is 0.670. The van der Waals surface area contributed by atoms with Crippen molar-refractivity contribution in [2.75, 3.05) is 0 Å². The molecular formula is C17H14ClF2N3O3S. The van der Waals surface area contributed by atoms with Gasteiger partial charge in [-0.3, -0.25) is 0 Å². The van der Waals surface area contributed by atoms with E-state index in [-0.39, 0.29) is 10.5 Å². The molecule has 3 rings (SSSR count). The van der Waals surface area contributed by atoms with E-state index in [0.29, 0.717) is 22.0 Å². The average Bonchev–Trinajstić information content (AvgIpc) is 3.06. The van der Waals surface area contributed by atoms with E-state index in [1.54, 1.807) is 24.3 Å². The number of hydrogen-bond donors (Lipinski definition) is 2. The van der Waals surface area contributed by atoms with Gasteiger partial charge in [0.1, 0.15) is 5.69 Å². The van der Waals surface area contributed by atoms with Crippen molar-refractivity contribution in [3.05, 3.63) is 64.8 Å². The highest BCUT2D eigenvalue weighted by molar-refractivity contribution is 7.89. The molecule has 3 aromatic rings. The van der Waals surface area contributed by atoms with Crippen molar-refractivity contribution < 1.29 is 22.3 Å². The number of aliphatic hydroxyl groups is 1. The van der Waals surface area contributed by atoms with E-state index in [0.717, 1.165) is 0 Å². The summed E-state index contributed by atoms with van der Waals surface area (Å²) in [4.78, 5) is -0.247. The summed E-state index contributed by atoms with van der Waals surface area (Å²) in [5.74, 6) is 0. The van der Waals surface area contributed by atoms with Crippen molar-refractivity contribution in [1.82, 2.24) is 9.78 Å². The molecule has 0 aliphatic carbocycles. The van der Waals surface area contributed by atoms with Crippen molar-refractivity contribution >= 4 is 21.6 Å². The SMILES string of the molecule is NS(=O)(=O)c1ccc(-n2nc(C(F)F)cc2-c2ccc(Cl)cc2)cc1CO. The summed E-state index contributed by atoms with van der Waals surface area (Å²) in [5.41, 5.74) is 0.824. The Labute approximate surface area is 158 Å². The number of nitrogens with zero attached hydrogens (tertiary/aromatic N) is 2. The molecule has 3 N–H and O–H groups in total. The molecule has 0 saturated heterocycles. The maximum atomic E-state index is 13.2. The van der Waals surface area contributed by atoms with Gasteiger partial charge in [-0.25, -0.2) is 27.0 Å². The smallest absolute Gasteiger partial charge is 0.282 e. The monoisotopic (exact) mass is 413 g/mol. The molecule has 0 spiro atoms. The predicted molar refractivity (Wildman–Crippen MR) is 96.3 cm³/mol. The average molecular weight is 414 g/mol. The number of hydrogen-bond acceptors (Lipinski definition) is 4. The molecule has 0 unspecified atom stereocenters. The van der Waals surface area contributed by atoms with Crippen LogP contribution in [0.1, 0.15) is 17.7 Å². The van der Waals surface area contributed by atoms with Crippen LogP contribution >= 0.6 is 11.6 Å². The van der Waals surface area contributed by atoms with Gasteiger partial charge in [0.15, 0.2) is 0 Å². The molecular weight excluding hydrogens is 400 g/mol. The van der Waals surface area contributed by atoms with E-state index in [1.165, 1.54) is 28.9 Å². The lowest BCUT2D eigenvalue weighted by molar-refractivity contribution is 0.145. The van der Waals surface area contributed by atoms with Crippen LogP contribution in [0.15, 0.2) is 53.4 Å². The Morgan fingerprint density at radius 1 is 1.15 bits per heavy atom. The first kappa shape index (κ1) is 19.4. The second-order valence-electron chi connectivity index (χ2n) is 5.67. The highest BCUT2D eigenvalue weighted by Crippen LogP contribution is 2.30. The number of sulfonamides is 1. The Balaban J connectivity index is 2.20. The molecule has 0 saturated carbocycles. The molecule has 27 heavy (non-hydrogen) atoms. The molecule has 0 amide bonds. The molecule has 1 heterocycles. The Bertz CT molecular complexity index is 1080. The van der Waals surface area contributed by atoms with E-state index < -0.39 is 28.7 Å². The Morgan fingerprint density at radius 3 is 2.37 bits per heavy atom. The van der Waals surface area contributed by atoms with Gasteiger partial charge in [0.25, 0.3) is 6.43 Å². The van der Waals surface area contributed by atoms with Gasteiger partial charge >= 0.3 is 0 Å². The van der Waals surface area contributed by atoms with Crippen molar-refractivity contribution in [3.8, 4) is 16.9 Å². The maximum absolute atomic E-state index is 13.2. The Hall–Kier alpha value is -2.33. The van der Waals surface area contributed by atoms with Gasteiger partial charge in [-0.2, -0.15) is 5.10 Å². The number of benzene rings is 2. The van der Waals surface area contributed by atoms with Gasteiger partial charge in [0.05, 0.1) is 22.9 Å². The van der Waals surface area contributed by atoms with E-state index in [9.17, 15) is 22.3 Å². The second kappa shape index (κ2) is 7.35. The van der Waals surface area contributed by atoms with E-state index in [4.69, 9.17) is 16.7 Å². The first-order valence-corrected chi connectivity index (χ1v) is 9.54. The fourth-order valence-electron chi connectivity index (χ4n) is 2.63. The van der Waals surface area contributed by atoms with Crippen molar-refractivity contribution in [2.45, 2.75) is 17.9 Å². The third kappa shape index (κ3) is 4.01. The van der Waals surface area contributed by atoms with Crippen LogP contribution in [0.4, 0.5) is 8.78 Å². The van der Waals surface area contributed by atoms with Crippen LogP contribution in [0.2, 0.25) is 5.02 Å². The summed E-state index contributed by atoms with van der Waals surface area (Å²) < 4.78 is 50.8. The highest BCUT2D eigenvalue weighted by Gasteiger charge is 2.20. The number of rotatable bonds is 5. The lowest BCUT2D eigenvalue weighted by Gasteiger charge is -2.11. The van der Waals surface area contributed by atoms with E-state index in [2.05, 4.69) is 5.10 Å². The predicted octanol–water partition coefficient (Wildman–Crippen LogP) is 3.27. The molecule has 6 nitrogen and oxygen atoms in total. The number of aliphatic hydroxyl groups excluding tert-OH is 1. The zero-order valence-electron chi connectivity index (χ0n) is 13.7. The van der Waals surface area contributed by atoms with Crippen LogP contribution < -0.4 is 5.14 Å². The van der Waals surface area contributed by atoms with Gasteiger partial charge in [-0.15, -0.1) is 0 Å². The highest BCUT2D eigenvalue weighted by atomic mass is 35.5. The van der Waals surface area contributed by atoms with Crippen molar-refractivity contribution in [2.24, 2.45) is 5.14 Å². The summed E-state index contributed by atoms with van der Waals surface area (Å²) in [6.07, 6.45) is -2.79. The third-order valence-corrected chi connectivity index (χ3v) is 5.12. The Morgan fingerprint density at radius 2 is 1.81 bits per heavy atom. The molecule has 0 aliphatic heterocycles. The maximum Gasteiger partial charge on any atom is 0.282 e. The molecule has 2 aromatic carbocycles. The van der Waals surface area contributed by atoms with Crippen LogP contribution in [0.5, 0.6) is 0 Å². The number of nitrogens with two attached hydrogens (primary N) is 1. The van der Waals surface area contributed by atoms with Crippen LogP contribution in [-0.2, 0) is 16.6 Å². The summed E-state index contributed by atoms with van der Waals surface area (Å²) >= 11 is 5.87.